The van der Waals surface area contributed by atoms with Gasteiger partial charge in [0.15, 0.2) is 0 Å². The van der Waals surface area contributed by atoms with Gasteiger partial charge >= 0.3 is 0 Å². The first-order valence-corrected chi connectivity index (χ1v) is 10.7. The van der Waals surface area contributed by atoms with Crippen LogP contribution in [-0.4, -0.2) is 49.4 Å². The van der Waals surface area contributed by atoms with Gasteiger partial charge in [0.25, 0.3) is 0 Å². The summed E-state index contributed by atoms with van der Waals surface area (Å²) in [4.78, 5) is 14.6. The van der Waals surface area contributed by atoms with E-state index in [0.29, 0.717) is 25.5 Å². The molecule has 28 heavy (non-hydrogen) atoms. The summed E-state index contributed by atoms with van der Waals surface area (Å²) in [6.07, 6.45) is 0. The Morgan fingerprint density at radius 3 is 2.68 bits per heavy atom. The summed E-state index contributed by atoms with van der Waals surface area (Å²) in [7, 11) is 0. The van der Waals surface area contributed by atoms with E-state index in [0.717, 1.165) is 24.4 Å². The minimum absolute atomic E-state index is 0.0234. The van der Waals surface area contributed by atoms with E-state index in [-0.39, 0.29) is 17.8 Å². The highest BCUT2D eigenvalue weighted by Gasteiger charge is 2.23. The number of nitrogens with one attached hydrogen (secondary N) is 1. The average molecular weight is 403 g/mol. The van der Waals surface area contributed by atoms with Crippen LogP contribution < -0.4 is 5.32 Å². The predicted octanol–water partition coefficient (Wildman–Crippen LogP) is 3.56. The van der Waals surface area contributed by atoms with Gasteiger partial charge in [0.05, 0.1) is 25.0 Å². The molecule has 3 rings (SSSR count). The molecule has 0 radical (unpaired) electrons. The fourth-order valence-electron chi connectivity index (χ4n) is 3.36. The number of rotatable bonds is 8. The summed E-state index contributed by atoms with van der Waals surface area (Å²) in [6, 6.07) is 14.9. The molecule has 0 saturated carbocycles. The second kappa shape index (κ2) is 10.6. The van der Waals surface area contributed by atoms with Crippen LogP contribution in [0.25, 0.3) is 0 Å². The zero-order valence-corrected chi connectivity index (χ0v) is 17.0. The highest BCUT2D eigenvalue weighted by molar-refractivity contribution is 7.99. The van der Waals surface area contributed by atoms with E-state index in [1.165, 1.54) is 23.3 Å². The number of amides is 1. The van der Waals surface area contributed by atoms with E-state index < -0.39 is 0 Å². The van der Waals surface area contributed by atoms with Gasteiger partial charge in [-0.05, 0) is 30.2 Å². The number of morpholine rings is 1. The van der Waals surface area contributed by atoms with Crippen molar-refractivity contribution in [1.29, 1.82) is 0 Å². The van der Waals surface area contributed by atoms with Crippen LogP contribution in [0.1, 0.15) is 22.7 Å². The van der Waals surface area contributed by atoms with Crippen molar-refractivity contribution in [3.8, 4) is 0 Å². The van der Waals surface area contributed by atoms with E-state index in [9.17, 15) is 9.18 Å². The van der Waals surface area contributed by atoms with Crippen LogP contribution in [0.4, 0.5) is 4.39 Å². The van der Waals surface area contributed by atoms with Gasteiger partial charge in [-0.3, -0.25) is 9.69 Å². The number of aryl methyl sites for hydroxylation is 1. The molecule has 4 nitrogen and oxygen atoms in total. The highest BCUT2D eigenvalue weighted by atomic mass is 32.2. The minimum Gasteiger partial charge on any atom is -0.379 e. The first kappa shape index (κ1) is 20.8. The summed E-state index contributed by atoms with van der Waals surface area (Å²) >= 11 is 1.61. The number of nitrogens with zero attached hydrogens (tertiary/aromatic N) is 1. The first-order valence-electron chi connectivity index (χ1n) is 9.59. The molecule has 1 fully saturated rings. The Morgan fingerprint density at radius 2 is 1.96 bits per heavy atom. The molecule has 0 spiro atoms. The average Bonchev–Trinajstić information content (AvgIpc) is 2.70. The molecule has 1 saturated heterocycles. The van der Waals surface area contributed by atoms with Gasteiger partial charge in [0.1, 0.15) is 5.82 Å². The van der Waals surface area contributed by atoms with Gasteiger partial charge in [-0.15, -0.1) is 11.8 Å². The van der Waals surface area contributed by atoms with Crippen LogP contribution in [-0.2, 0) is 15.3 Å². The molecule has 150 valence electrons. The number of ether oxygens (including phenoxy) is 1. The van der Waals surface area contributed by atoms with Crippen molar-refractivity contribution in [2.45, 2.75) is 18.7 Å². The van der Waals surface area contributed by atoms with Crippen LogP contribution in [0.15, 0.2) is 48.5 Å². The molecule has 1 N–H and O–H groups in total. The highest BCUT2D eigenvalue weighted by Crippen LogP contribution is 2.22. The maximum Gasteiger partial charge on any atom is 0.230 e. The van der Waals surface area contributed by atoms with Gasteiger partial charge < -0.3 is 10.1 Å². The number of hydrogen-bond acceptors (Lipinski definition) is 4. The predicted molar refractivity (Wildman–Crippen MR) is 112 cm³/mol. The molecule has 1 aliphatic rings. The Morgan fingerprint density at radius 1 is 1.21 bits per heavy atom. The van der Waals surface area contributed by atoms with Gasteiger partial charge in [0, 0.05) is 25.4 Å². The summed E-state index contributed by atoms with van der Waals surface area (Å²) in [5, 5.41) is 3.05. The van der Waals surface area contributed by atoms with Crippen LogP contribution in [0, 0.1) is 12.7 Å². The molecular formula is C22H27FN2O2S. The van der Waals surface area contributed by atoms with Crippen molar-refractivity contribution in [2.24, 2.45) is 0 Å². The molecule has 1 aliphatic heterocycles. The van der Waals surface area contributed by atoms with E-state index in [2.05, 4.69) is 35.3 Å². The fraction of sp³-hybridized carbons (Fsp3) is 0.409. The monoisotopic (exact) mass is 402 g/mol. The van der Waals surface area contributed by atoms with E-state index in [4.69, 9.17) is 4.74 Å². The normalized spacial score (nSPS) is 15.9. The SMILES string of the molecule is Cc1cccc(CSCC(=O)NCC(c2ccc(F)cc2)N2CCOCC2)c1. The van der Waals surface area contributed by atoms with E-state index in [1.807, 2.05) is 6.07 Å². The molecule has 2 aromatic carbocycles. The van der Waals surface area contributed by atoms with Crippen LogP contribution in [0.2, 0.25) is 0 Å². The number of carbonyl (C=O) groups is 1. The molecule has 6 heteroatoms. The third-order valence-corrected chi connectivity index (χ3v) is 5.82. The maximum absolute atomic E-state index is 13.3. The zero-order chi connectivity index (χ0) is 19.8. The summed E-state index contributed by atoms with van der Waals surface area (Å²) in [6.45, 7) is 5.55. The first-order chi connectivity index (χ1) is 13.6. The molecule has 1 amide bonds. The third-order valence-electron chi connectivity index (χ3n) is 4.82. The summed E-state index contributed by atoms with van der Waals surface area (Å²) in [5.41, 5.74) is 3.47. The molecule has 0 aliphatic carbocycles. The van der Waals surface area contributed by atoms with Gasteiger partial charge in [-0.25, -0.2) is 4.39 Å². The smallest absolute Gasteiger partial charge is 0.230 e. The Bertz CT molecular complexity index is 763. The Balaban J connectivity index is 1.52. The lowest BCUT2D eigenvalue weighted by molar-refractivity contribution is -0.118. The second-order valence-corrected chi connectivity index (χ2v) is 7.99. The van der Waals surface area contributed by atoms with Crippen LogP contribution in [0.3, 0.4) is 0 Å². The molecule has 0 aromatic heterocycles. The van der Waals surface area contributed by atoms with Crippen molar-refractivity contribution in [1.82, 2.24) is 10.2 Å². The molecule has 2 aromatic rings. The van der Waals surface area contributed by atoms with Crippen molar-refractivity contribution < 1.29 is 13.9 Å². The van der Waals surface area contributed by atoms with Crippen molar-refractivity contribution in [3.05, 3.63) is 71.0 Å². The van der Waals surface area contributed by atoms with Crippen molar-refractivity contribution >= 4 is 17.7 Å². The summed E-state index contributed by atoms with van der Waals surface area (Å²) < 4.78 is 18.7. The molecular weight excluding hydrogens is 375 g/mol. The largest absolute Gasteiger partial charge is 0.379 e. The molecule has 0 bridgehead atoms. The number of halogens is 1. The Kier molecular flexibility index (Phi) is 7.89. The van der Waals surface area contributed by atoms with E-state index in [1.54, 1.807) is 23.9 Å². The Labute approximate surface area is 170 Å². The van der Waals surface area contributed by atoms with Crippen LogP contribution in [0.5, 0.6) is 0 Å². The van der Waals surface area contributed by atoms with Crippen molar-refractivity contribution in [2.75, 3.05) is 38.6 Å². The van der Waals surface area contributed by atoms with Crippen molar-refractivity contribution in [3.63, 3.8) is 0 Å². The summed E-state index contributed by atoms with van der Waals surface area (Å²) in [5.74, 6) is 1.02. The van der Waals surface area contributed by atoms with Gasteiger partial charge in [0.2, 0.25) is 5.91 Å². The lowest BCUT2D eigenvalue weighted by atomic mass is 10.0. The number of benzene rings is 2. The van der Waals surface area contributed by atoms with E-state index >= 15 is 0 Å². The zero-order valence-electron chi connectivity index (χ0n) is 16.2. The fourth-order valence-corrected chi connectivity index (χ4v) is 4.16. The third kappa shape index (κ3) is 6.33. The lowest BCUT2D eigenvalue weighted by Crippen LogP contribution is -2.44. The Hall–Kier alpha value is -1.89. The second-order valence-electron chi connectivity index (χ2n) is 7.00. The lowest BCUT2D eigenvalue weighted by Gasteiger charge is -2.35. The standard InChI is InChI=1S/C22H27FN2O2S/c1-17-3-2-4-18(13-17)15-28-16-22(26)24-14-21(25-9-11-27-12-10-25)19-5-7-20(23)8-6-19/h2-8,13,21H,9-12,14-16H2,1H3,(H,24,26). The number of carbonyl (C=O) groups excluding carboxylic acids is 1. The molecule has 1 unspecified atom stereocenters. The molecule has 1 atom stereocenters. The quantitative estimate of drug-likeness (QED) is 0.733. The topological polar surface area (TPSA) is 41.6 Å². The van der Waals surface area contributed by atoms with Gasteiger partial charge in [-0.2, -0.15) is 0 Å². The minimum atomic E-state index is -0.249. The van der Waals surface area contributed by atoms with Gasteiger partial charge in [-0.1, -0.05) is 42.0 Å². The number of hydrogen-bond donors (Lipinski definition) is 1. The number of thioether (sulfide) groups is 1. The van der Waals surface area contributed by atoms with Crippen LogP contribution >= 0.6 is 11.8 Å². The maximum atomic E-state index is 13.3. The molecule has 1 heterocycles.